The third-order valence-corrected chi connectivity index (χ3v) is 3.42. The van der Waals surface area contributed by atoms with Crippen LogP contribution >= 0.6 is 0 Å². The third kappa shape index (κ3) is 4.20. The van der Waals surface area contributed by atoms with Gasteiger partial charge in [0.25, 0.3) is 0 Å². The highest BCUT2D eigenvalue weighted by molar-refractivity contribution is 5.38. The first-order chi connectivity index (χ1) is 9.16. The Labute approximate surface area is 115 Å². The number of morpholine rings is 1. The van der Waals surface area contributed by atoms with Gasteiger partial charge < -0.3 is 15.2 Å². The Bertz CT molecular complexity index is 401. The molecule has 1 aromatic rings. The maximum absolute atomic E-state index is 5.99. The van der Waals surface area contributed by atoms with Gasteiger partial charge in [-0.3, -0.25) is 4.90 Å². The van der Waals surface area contributed by atoms with E-state index in [4.69, 9.17) is 15.2 Å². The van der Waals surface area contributed by atoms with Crippen LogP contribution in [0.5, 0.6) is 5.75 Å². The smallest absolute Gasteiger partial charge is 0.124 e. The van der Waals surface area contributed by atoms with Gasteiger partial charge in [0.1, 0.15) is 12.4 Å². The van der Waals surface area contributed by atoms with Crippen molar-refractivity contribution in [2.24, 2.45) is 5.73 Å². The van der Waals surface area contributed by atoms with Crippen LogP contribution in [-0.4, -0.2) is 44.4 Å². The molecule has 19 heavy (non-hydrogen) atoms. The molecule has 1 aromatic carbocycles. The molecule has 4 nitrogen and oxygen atoms in total. The predicted molar refractivity (Wildman–Crippen MR) is 76.5 cm³/mol. The van der Waals surface area contributed by atoms with Crippen LogP contribution in [0, 0.1) is 6.92 Å². The topological polar surface area (TPSA) is 47.7 Å². The van der Waals surface area contributed by atoms with Crippen molar-refractivity contribution in [2.45, 2.75) is 19.9 Å². The summed E-state index contributed by atoms with van der Waals surface area (Å²) in [7, 11) is 0. The Kier molecular flexibility index (Phi) is 5.19. The van der Waals surface area contributed by atoms with Gasteiger partial charge in [0.05, 0.1) is 13.2 Å². The zero-order valence-corrected chi connectivity index (χ0v) is 11.9. The van der Waals surface area contributed by atoms with Crippen LogP contribution < -0.4 is 10.5 Å². The lowest BCUT2D eigenvalue weighted by atomic mass is 10.1. The van der Waals surface area contributed by atoms with E-state index in [9.17, 15) is 0 Å². The summed E-state index contributed by atoms with van der Waals surface area (Å²) in [4.78, 5) is 2.36. The molecule has 2 N–H and O–H groups in total. The van der Waals surface area contributed by atoms with Gasteiger partial charge in [-0.15, -0.1) is 0 Å². The van der Waals surface area contributed by atoms with Gasteiger partial charge in [0, 0.05) is 31.2 Å². The van der Waals surface area contributed by atoms with Crippen molar-refractivity contribution in [1.29, 1.82) is 0 Å². The summed E-state index contributed by atoms with van der Waals surface area (Å²) in [5, 5.41) is 0. The Morgan fingerprint density at radius 2 is 2.11 bits per heavy atom. The molecule has 0 aliphatic carbocycles. The molecule has 1 fully saturated rings. The van der Waals surface area contributed by atoms with Gasteiger partial charge in [0.15, 0.2) is 0 Å². The highest BCUT2D eigenvalue weighted by Crippen LogP contribution is 2.24. The van der Waals surface area contributed by atoms with E-state index in [0.717, 1.165) is 44.2 Å². The fraction of sp³-hybridized carbons (Fsp3) is 0.600. The summed E-state index contributed by atoms with van der Waals surface area (Å²) >= 11 is 0. The van der Waals surface area contributed by atoms with Crippen molar-refractivity contribution < 1.29 is 9.47 Å². The van der Waals surface area contributed by atoms with Crippen LogP contribution in [0.1, 0.15) is 24.1 Å². The number of nitrogens with zero attached hydrogens (tertiary/aromatic N) is 1. The minimum atomic E-state index is -0.00159. The number of rotatable bonds is 5. The van der Waals surface area contributed by atoms with Crippen molar-refractivity contribution in [2.75, 3.05) is 39.5 Å². The highest BCUT2D eigenvalue weighted by atomic mass is 16.5. The first kappa shape index (κ1) is 14.3. The van der Waals surface area contributed by atoms with Crippen LogP contribution in [0.25, 0.3) is 0 Å². The first-order valence-electron chi connectivity index (χ1n) is 6.96. The molecule has 0 spiro atoms. The van der Waals surface area contributed by atoms with Crippen molar-refractivity contribution in [3.63, 3.8) is 0 Å². The fourth-order valence-corrected chi connectivity index (χ4v) is 2.26. The Hall–Kier alpha value is -1.10. The molecule has 1 atom stereocenters. The normalized spacial score (nSPS) is 18.3. The molecule has 0 amide bonds. The molecule has 0 radical (unpaired) electrons. The monoisotopic (exact) mass is 264 g/mol. The minimum absolute atomic E-state index is 0.00159. The van der Waals surface area contributed by atoms with Crippen LogP contribution in [0.2, 0.25) is 0 Å². The van der Waals surface area contributed by atoms with Crippen LogP contribution in [0.3, 0.4) is 0 Å². The molecule has 0 saturated carbocycles. The number of hydrogen-bond donors (Lipinski definition) is 1. The molecule has 1 unspecified atom stereocenters. The molecule has 1 aliphatic rings. The summed E-state index contributed by atoms with van der Waals surface area (Å²) in [6.45, 7) is 9.35. The molecule has 106 valence electrons. The number of ether oxygens (including phenoxy) is 2. The van der Waals surface area contributed by atoms with Gasteiger partial charge in [-0.05, 0) is 19.9 Å². The molecule has 1 saturated heterocycles. The van der Waals surface area contributed by atoms with E-state index in [0.29, 0.717) is 6.61 Å². The number of nitrogens with two attached hydrogens (primary N) is 1. The molecule has 1 aliphatic heterocycles. The zero-order valence-electron chi connectivity index (χ0n) is 11.9. The molecule has 1 heterocycles. The van der Waals surface area contributed by atoms with Crippen molar-refractivity contribution >= 4 is 0 Å². The number of aryl methyl sites for hydroxylation is 1. The maximum Gasteiger partial charge on any atom is 0.124 e. The van der Waals surface area contributed by atoms with Crippen molar-refractivity contribution in [3.8, 4) is 5.75 Å². The predicted octanol–water partition coefficient (Wildman–Crippen LogP) is 1.73. The lowest BCUT2D eigenvalue weighted by Gasteiger charge is -2.26. The zero-order chi connectivity index (χ0) is 13.7. The standard InChI is InChI=1S/C15H24N2O2/c1-12-3-4-15(14(11-12)13(2)16)19-10-7-17-5-8-18-9-6-17/h3-4,11,13H,5-10,16H2,1-2H3. The maximum atomic E-state index is 5.99. The summed E-state index contributed by atoms with van der Waals surface area (Å²) in [5.74, 6) is 0.911. The Balaban J connectivity index is 1.88. The van der Waals surface area contributed by atoms with Crippen molar-refractivity contribution in [1.82, 2.24) is 4.90 Å². The summed E-state index contributed by atoms with van der Waals surface area (Å²) < 4.78 is 11.2. The van der Waals surface area contributed by atoms with E-state index in [-0.39, 0.29) is 6.04 Å². The fourth-order valence-electron chi connectivity index (χ4n) is 2.26. The van der Waals surface area contributed by atoms with E-state index in [2.05, 4.69) is 24.0 Å². The van der Waals surface area contributed by atoms with Crippen LogP contribution in [0.4, 0.5) is 0 Å². The second kappa shape index (κ2) is 6.89. The van der Waals surface area contributed by atoms with Gasteiger partial charge in [-0.1, -0.05) is 17.7 Å². The Morgan fingerprint density at radius 3 is 2.79 bits per heavy atom. The average Bonchev–Trinajstić information content (AvgIpc) is 2.41. The van der Waals surface area contributed by atoms with Crippen LogP contribution in [0.15, 0.2) is 18.2 Å². The largest absolute Gasteiger partial charge is 0.492 e. The minimum Gasteiger partial charge on any atom is -0.492 e. The lowest BCUT2D eigenvalue weighted by Crippen LogP contribution is -2.38. The first-order valence-corrected chi connectivity index (χ1v) is 6.96. The quantitative estimate of drug-likeness (QED) is 0.880. The molecule has 0 bridgehead atoms. The van der Waals surface area contributed by atoms with Crippen LogP contribution in [-0.2, 0) is 4.74 Å². The van der Waals surface area contributed by atoms with Gasteiger partial charge in [0.2, 0.25) is 0 Å². The summed E-state index contributed by atoms with van der Waals surface area (Å²) in [6.07, 6.45) is 0. The molecule has 4 heteroatoms. The summed E-state index contributed by atoms with van der Waals surface area (Å²) in [5.41, 5.74) is 8.29. The molecular formula is C15H24N2O2. The lowest BCUT2D eigenvalue weighted by molar-refractivity contribution is 0.0322. The van der Waals surface area contributed by atoms with E-state index in [1.165, 1.54) is 5.56 Å². The molecular weight excluding hydrogens is 240 g/mol. The van der Waals surface area contributed by atoms with Crippen molar-refractivity contribution in [3.05, 3.63) is 29.3 Å². The Morgan fingerprint density at radius 1 is 1.37 bits per heavy atom. The van der Waals surface area contributed by atoms with E-state index < -0.39 is 0 Å². The second-order valence-electron chi connectivity index (χ2n) is 5.13. The SMILES string of the molecule is Cc1ccc(OCCN2CCOCC2)c(C(C)N)c1. The number of benzene rings is 1. The average molecular weight is 264 g/mol. The third-order valence-electron chi connectivity index (χ3n) is 3.42. The van der Waals surface area contributed by atoms with Gasteiger partial charge >= 0.3 is 0 Å². The number of hydrogen-bond acceptors (Lipinski definition) is 4. The van der Waals surface area contributed by atoms with E-state index in [1.807, 2.05) is 13.0 Å². The van der Waals surface area contributed by atoms with Gasteiger partial charge in [-0.2, -0.15) is 0 Å². The molecule has 0 aromatic heterocycles. The van der Waals surface area contributed by atoms with E-state index in [1.54, 1.807) is 0 Å². The van der Waals surface area contributed by atoms with E-state index >= 15 is 0 Å². The second-order valence-corrected chi connectivity index (χ2v) is 5.13. The highest BCUT2D eigenvalue weighted by Gasteiger charge is 2.11. The summed E-state index contributed by atoms with van der Waals surface area (Å²) in [6, 6.07) is 6.19. The molecule has 2 rings (SSSR count). The van der Waals surface area contributed by atoms with Gasteiger partial charge in [-0.25, -0.2) is 0 Å².